The van der Waals surface area contributed by atoms with Gasteiger partial charge in [0.25, 0.3) is 11.6 Å². The van der Waals surface area contributed by atoms with Crippen LogP contribution in [0.1, 0.15) is 10.4 Å². The molecule has 5 nitrogen and oxygen atoms in total. The molecule has 1 N–H and O–H groups in total. The number of hydrogen-bond acceptors (Lipinski definition) is 3. The molecule has 0 heterocycles. The van der Waals surface area contributed by atoms with Gasteiger partial charge in [0.05, 0.1) is 16.2 Å². The lowest BCUT2D eigenvalue weighted by atomic mass is 10.2. The van der Waals surface area contributed by atoms with E-state index in [2.05, 4.69) is 5.32 Å². The summed E-state index contributed by atoms with van der Waals surface area (Å²) in [5.74, 6) is -1.33. The third-order valence-corrected chi connectivity index (χ3v) is 3.71. The van der Waals surface area contributed by atoms with Crippen LogP contribution in [0.15, 0.2) is 36.4 Å². The Labute approximate surface area is 137 Å². The van der Waals surface area contributed by atoms with Crippen LogP contribution in [0.5, 0.6) is 0 Å². The van der Waals surface area contributed by atoms with Crippen LogP contribution < -0.4 is 5.32 Å². The number of nitrogens with one attached hydrogen (secondary N) is 1. The van der Waals surface area contributed by atoms with Crippen LogP contribution in [0.2, 0.25) is 5.02 Å². The Morgan fingerprint density at radius 2 is 2.00 bits per heavy atom. The lowest BCUT2D eigenvalue weighted by Crippen LogP contribution is -2.14. The van der Waals surface area contributed by atoms with Crippen molar-refractivity contribution in [2.75, 3.05) is 5.32 Å². The van der Waals surface area contributed by atoms with E-state index in [9.17, 15) is 19.3 Å². The van der Waals surface area contributed by atoms with Gasteiger partial charge in [0.2, 0.25) is 0 Å². The van der Waals surface area contributed by atoms with Crippen molar-refractivity contribution in [2.24, 2.45) is 0 Å². The van der Waals surface area contributed by atoms with Crippen LogP contribution >= 0.6 is 34.2 Å². The van der Waals surface area contributed by atoms with Gasteiger partial charge in [-0.25, -0.2) is 4.39 Å². The largest absolute Gasteiger partial charge is 0.319 e. The molecule has 0 bridgehead atoms. The van der Waals surface area contributed by atoms with E-state index in [4.69, 9.17) is 11.6 Å². The second-order valence-electron chi connectivity index (χ2n) is 4.00. The first-order valence-electron chi connectivity index (χ1n) is 5.59. The summed E-state index contributed by atoms with van der Waals surface area (Å²) < 4.78 is 14.2. The molecule has 21 heavy (non-hydrogen) atoms. The van der Waals surface area contributed by atoms with E-state index in [1.54, 1.807) is 6.07 Å². The Hall–Kier alpha value is -1.74. The number of benzene rings is 2. The number of halogens is 3. The monoisotopic (exact) mass is 420 g/mol. The summed E-state index contributed by atoms with van der Waals surface area (Å²) in [6.07, 6.45) is 0. The fourth-order valence-electron chi connectivity index (χ4n) is 1.59. The highest BCUT2D eigenvalue weighted by atomic mass is 127. The molecular formula is C13H7ClFIN2O3. The molecule has 0 saturated carbocycles. The van der Waals surface area contributed by atoms with E-state index in [1.807, 2.05) is 22.6 Å². The smallest absolute Gasteiger partial charge is 0.271 e. The zero-order valence-corrected chi connectivity index (χ0v) is 13.2. The molecule has 0 aliphatic rings. The normalized spacial score (nSPS) is 10.2. The zero-order valence-electron chi connectivity index (χ0n) is 10.3. The number of carbonyl (C=O) groups is 1. The van der Waals surface area contributed by atoms with E-state index in [0.717, 1.165) is 18.2 Å². The second kappa shape index (κ2) is 6.35. The van der Waals surface area contributed by atoms with Gasteiger partial charge < -0.3 is 5.32 Å². The number of rotatable bonds is 3. The number of hydrogen-bond donors (Lipinski definition) is 1. The Morgan fingerprint density at radius 3 is 2.62 bits per heavy atom. The quantitative estimate of drug-likeness (QED) is 0.458. The van der Waals surface area contributed by atoms with E-state index in [0.29, 0.717) is 14.2 Å². The number of nitrogens with zero attached hydrogens (tertiary/aromatic N) is 1. The van der Waals surface area contributed by atoms with Gasteiger partial charge in [-0.1, -0.05) is 11.6 Å². The number of nitro benzene ring substituents is 1. The van der Waals surface area contributed by atoms with Gasteiger partial charge in [-0.3, -0.25) is 14.9 Å². The Bertz CT molecular complexity index is 739. The standard InChI is InChI=1S/C13H7ClFIN2O3/c14-7-1-3-9(11(16)5-7)13(19)17-12-6-8(18(20)21)2-4-10(12)15/h1-6H,(H,17,19). The molecule has 0 spiro atoms. The molecule has 2 rings (SSSR count). The number of non-ortho nitro benzene ring substituents is 1. The van der Waals surface area contributed by atoms with Crippen molar-refractivity contribution < 1.29 is 14.1 Å². The van der Waals surface area contributed by atoms with Crippen molar-refractivity contribution >= 4 is 51.5 Å². The summed E-state index contributed by atoms with van der Waals surface area (Å²) >= 11 is 7.71. The molecule has 0 aromatic heterocycles. The molecule has 0 saturated heterocycles. The molecule has 0 aliphatic carbocycles. The average Bonchev–Trinajstić information content (AvgIpc) is 2.40. The summed E-state index contributed by atoms with van der Waals surface area (Å²) in [6, 6.07) is 7.53. The van der Waals surface area contributed by atoms with Crippen LogP contribution in [0.4, 0.5) is 15.8 Å². The van der Waals surface area contributed by atoms with Crippen LogP contribution in [-0.2, 0) is 0 Å². The number of anilines is 1. The molecule has 2 aromatic carbocycles. The zero-order chi connectivity index (χ0) is 15.6. The molecule has 8 heteroatoms. The first-order valence-corrected chi connectivity index (χ1v) is 7.04. The fourth-order valence-corrected chi connectivity index (χ4v) is 2.70. The van der Waals surface area contributed by atoms with Crippen LogP contribution in [0.25, 0.3) is 0 Å². The first kappa shape index (κ1) is 15.6. The number of nitro groups is 1. The van der Waals surface area contributed by atoms with Crippen molar-refractivity contribution in [2.45, 2.75) is 0 Å². The van der Waals surface area contributed by atoms with Crippen LogP contribution in [0.3, 0.4) is 0 Å². The van der Waals surface area contributed by atoms with E-state index in [1.165, 1.54) is 12.1 Å². The molecule has 0 aliphatic heterocycles. The summed E-state index contributed by atoms with van der Waals surface area (Å²) in [7, 11) is 0. The molecule has 1 amide bonds. The lowest BCUT2D eigenvalue weighted by Gasteiger charge is -2.08. The minimum absolute atomic E-state index is 0.250. The Morgan fingerprint density at radius 1 is 1.29 bits per heavy atom. The highest BCUT2D eigenvalue weighted by Gasteiger charge is 2.15. The van der Waals surface area contributed by atoms with Gasteiger partial charge >= 0.3 is 0 Å². The maximum atomic E-state index is 13.6. The highest BCUT2D eigenvalue weighted by Crippen LogP contribution is 2.23. The first-order chi connectivity index (χ1) is 9.88. The fraction of sp³-hybridized carbons (Fsp3) is 0. The predicted molar refractivity (Wildman–Crippen MR) is 85.2 cm³/mol. The SMILES string of the molecule is O=C(Nc1cc([N+](=O)[O-])ccc1F)c1ccc(Cl)cc1I. The van der Waals surface area contributed by atoms with Crippen molar-refractivity contribution in [3.05, 3.63) is 66.5 Å². The minimum Gasteiger partial charge on any atom is -0.319 e. The van der Waals surface area contributed by atoms with E-state index < -0.39 is 16.6 Å². The minimum atomic E-state index is -0.752. The molecule has 2 aromatic rings. The highest BCUT2D eigenvalue weighted by molar-refractivity contribution is 14.1. The van der Waals surface area contributed by atoms with Crippen LogP contribution in [0, 0.1) is 19.5 Å². The van der Waals surface area contributed by atoms with E-state index in [-0.39, 0.29) is 11.4 Å². The Kier molecular flexibility index (Phi) is 4.73. The number of carbonyl (C=O) groups excluding carboxylic acids is 1. The summed E-state index contributed by atoms with van der Waals surface area (Å²) in [4.78, 5) is 22.1. The van der Waals surface area contributed by atoms with Crippen molar-refractivity contribution in [1.82, 2.24) is 0 Å². The Balaban J connectivity index is 2.31. The third-order valence-electron chi connectivity index (χ3n) is 2.58. The second-order valence-corrected chi connectivity index (χ2v) is 5.60. The molecule has 0 unspecified atom stereocenters. The third kappa shape index (κ3) is 3.67. The molecule has 0 atom stereocenters. The topological polar surface area (TPSA) is 72.2 Å². The van der Waals surface area contributed by atoms with Crippen LogP contribution in [-0.4, -0.2) is 10.8 Å². The number of amides is 1. The average molecular weight is 421 g/mol. The summed E-state index contributed by atoms with van der Waals surface area (Å²) in [6.45, 7) is 0. The van der Waals surface area contributed by atoms with Gasteiger partial charge in [0.1, 0.15) is 5.82 Å². The predicted octanol–water partition coefficient (Wildman–Crippen LogP) is 4.24. The van der Waals surface area contributed by atoms with Gasteiger partial charge in [-0.05, 0) is 46.9 Å². The molecule has 0 fully saturated rings. The van der Waals surface area contributed by atoms with E-state index >= 15 is 0 Å². The van der Waals surface area contributed by atoms with Crippen molar-refractivity contribution in [3.8, 4) is 0 Å². The van der Waals surface area contributed by atoms with Gasteiger partial charge in [-0.15, -0.1) is 0 Å². The van der Waals surface area contributed by atoms with Gasteiger partial charge in [-0.2, -0.15) is 0 Å². The maximum Gasteiger partial charge on any atom is 0.271 e. The maximum absolute atomic E-state index is 13.6. The van der Waals surface area contributed by atoms with Gasteiger partial charge in [0.15, 0.2) is 0 Å². The van der Waals surface area contributed by atoms with Crippen molar-refractivity contribution in [3.63, 3.8) is 0 Å². The summed E-state index contributed by atoms with van der Waals surface area (Å²) in [5, 5.41) is 13.5. The lowest BCUT2D eigenvalue weighted by molar-refractivity contribution is -0.384. The van der Waals surface area contributed by atoms with Gasteiger partial charge in [0, 0.05) is 20.7 Å². The summed E-state index contributed by atoms with van der Waals surface area (Å²) in [5.41, 5.74) is -0.261. The molecule has 108 valence electrons. The molecular weight excluding hydrogens is 414 g/mol. The van der Waals surface area contributed by atoms with Crippen molar-refractivity contribution in [1.29, 1.82) is 0 Å². The molecule has 0 radical (unpaired) electrons.